The normalized spacial score (nSPS) is 37.5. The van der Waals surface area contributed by atoms with Crippen LogP contribution in [0.15, 0.2) is 35.4 Å². The van der Waals surface area contributed by atoms with Crippen molar-refractivity contribution in [2.24, 2.45) is 22.7 Å². The van der Waals surface area contributed by atoms with Crippen molar-refractivity contribution in [2.45, 2.75) is 95.5 Å². The Morgan fingerprint density at radius 2 is 1.77 bits per heavy atom. The van der Waals surface area contributed by atoms with E-state index in [1.165, 1.54) is 16.7 Å². The van der Waals surface area contributed by atoms with Crippen LogP contribution in [0.25, 0.3) is 0 Å². The minimum absolute atomic E-state index is 0.00724. The molecule has 2 N–H and O–H groups in total. The minimum atomic E-state index is -0.913. The first-order valence-corrected chi connectivity index (χ1v) is 15.0. The van der Waals surface area contributed by atoms with Crippen LogP contribution in [0.4, 0.5) is 0 Å². The molecule has 0 amide bonds. The van der Waals surface area contributed by atoms with Gasteiger partial charge < -0.3 is 24.4 Å². The van der Waals surface area contributed by atoms with E-state index in [4.69, 9.17) is 19.5 Å². The van der Waals surface area contributed by atoms with Gasteiger partial charge in [-0.05, 0) is 79.0 Å². The number of allylic oxidation sites excluding steroid dienone is 1. The lowest BCUT2D eigenvalue weighted by atomic mass is 9.51. The van der Waals surface area contributed by atoms with Crippen molar-refractivity contribution in [2.75, 3.05) is 26.4 Å². The van der Waals surface area contributed by atoms with Crippen molar-refractivity contribution in [3.05, 3.63) is 46.5 Å². The van der Waals surface area contributed by atoms with Crippen LogP contribution in [0.5, 0.6) is 0 Å². The van der Waals surface area contributed by atoms with Crippen LogP contribution in [0.1, 0.15) is 89.2 Å². The molecule has 40 heavy (non-hydrogen) atoms. The van der Waals surface area contributed by atoms with Crippen LogP contribution in [0, 0.1) is 45.8 Å². The topological polar surface area (TPSA) is 91.9 Å². The van der Waals surface area contributed by atoms with Gasteiger partial charge in [0.2, 0.25) is 0 Å². The molecule has 1 heterocycles. The number of aliphatic hydroxyl groups excluding tert-OH is 1. The van der Waals surface area contributed by atoms with E-state index in [0.29, 0.717) is 31.5 Å². The van der Waals surface area contributed by atoms with Gasteiger partial charge in [-0.15, -0.1) is 0 Å². The van der Waals surface area contributed by atoms with Gasteiger partial charge in [-0.3, -0.25) is 0 Å². The lowest BCUT2D eigenvalue weighted by Crippen LogP contribution is -2.57. The average Bonchev–Trinajstić information content (AvgIpc) is 3.23. The fourth-order valence-electron chi connectivity index (χ4n) is 8.61. The second-order valence-electron chi connectivity index (χ2n) is 14.0. The lowest BCUT2D eigenvalue weighted by Gasteiger charge is -2.57. The van der Waals surface area contributed by atoms with E-state index >= 15 is 0 Å². The van der Waals surface area contributed by atoms with Crippen LogP contribution in [0.3, 0.4) is 0 Å². The summed E-state index contributed by atoms with van der Waals surface area (Å²) < 4.78 is 17.9. The van der Waals surface area contributed by atoms with E-state index in [1.54, 1.807) is 0 Å². The van der Waals surface area contributed by atoms with E-state index in [2.05, 4.69) is 56.9 Å². The Hall–Kier alpha value is -2.19. The highest BCUT2D eigenvalue weighted by molar-refractivity contribution is 5.45. The number of rotatable bonds is 3. The van der Waals surface area contributed by atoms with Crippen LogP contribution in [-0.4, -0.2) is 54.1 Å². The molecule has 3 saturated carbocycles. The summed E-state index contributed by atoms with van der Waals surface area (Å²) in [7, 11) is 0. The molecule has 3 unspecified atom stereocenters. The van der Waals surface area contributed by atoms with Crippen LogP contribution >= 0.6 is 0 Å². The Labute approximate surface area is 238 Å². The second-order valence-corrected chi connectivity index (χ2v) is 14.0. The number of hydrogen-bond donors (Lipinski definition) is 2. The van der Waals surface area contributed by atoms with Gasteiger partial charge in [0, 0.05) is 29.7 Å². The first kappa shape index (κ1) is 28.0. The smallest absolute Gasteiger partial charge is 0.171 e. The van der Waals surface area contributed by atoms with E-state index in [0.717, 1.165) is 50.5 Å². The highest BCUT2D eigenvalue weighted by Gasteiger charge is 2.60. The molecular formula is C34H43NO5. The van der Waals surface area contributed by atoms with Gasteiger partial charge in [0.25, 0.3) is 0 Å². The number of benzene rings is 1. The summed E-state index contributed by atoms with van der Waals surface area (Å²) in [6, 6.07) is 10.4. The summed E-state index contributed by atoms with van der Waals surface area (Å²) in [5.41, 5.74) is 3.75. The zero-order valence-electron chi connectivity index (χ0n) is 24.2. The van der Waals surface area contributed by atoms with E-state index < -0.39 is 11.4 Å². The van der Waals surface area contributed by atoms with Crippen molar-refractivity contribution >= 4 is 0 Å². The van der Waals surface area contributed by atoms with Crippen molar-refractivity contribution < 1.29 is 24.4 Å². The Bertz CT molecular complexity index is 1260. The quantitative estimate of drug-likeness (QED) is 0.307. The summed E-state index contributed by atoms with van der Waals surface area (Å²) in [6.07, 6.45) is 6.25. The van der Waals surface area contributed by atoms with Crippen molar-refractivity contribution in [3.8, 4) is 17.9 Å². The zero-order valence-corrected chi connectivity index (χ0v) is 24.2. The Morgan fingerprint density at radius 3 is 2.50 bits per heavy atom. The van der Waals surface area contributed by atoms with Gasteiger partial charge in [0.1, 0.15) is 13.2 Å². The van der Waals surface area contributed by atoms with Crippen LogP contribution in [-0.2, 0) is 14.2 Å². The fourth-order valence-corrected chi connectivity index (χ4v) is 8.61. The number of nitriles is 1. The van der Waals surface area contributed by atoms with Gasteiger partial charge in [-0.25, -0.2) is 0 Å². The first-order chi connectivity index (χ1) is 19.1. The second kappa shape index (κ2) is 10.3. The molecule has 214 valence electrons. The van der Waals surface area contributed by atoms with E-state index in [-0.39, 0.29) is 36.1 Å². The monoisotopic (exact) mass is 545 g/mol. The SMILES string of the molecule is CC1(C)COC2(CCC3=C4C(CC[C@@]3(O)C2)C2CCC(O)[C@@]2(C)C[C@@H]4c2ccc(C#CCOCC#N)cc2)OC1. The highest BCUT2D eigenvalue weighted by atomic mass is 16.7. The van der Waals surface area contributed by atoms with Crippen molar-refractivity contribution in [1.82, 2.24) is 0 Å². The fraction of sp³-hybridized carbons (Fsp3) is 0.676. The molecule has 6 rings (SSSR count). The predicted molar refractivity (Wildman–Crippen MR) is 151 cm³/mol. The van der Waals surface area contributed by atoms with Gasteiger partial charge in [0.15, 0.2) is 5.79 Å². The Balaban J connectivity index is 1.34. The van der Waals surface area contributed by atoms with Crippen molar-refractivity contribution in [1.29, 1.82) is 5.26 Å². The summed E-state index contributed by atoms with van der Waals surface area (Å²) >= 11 is 0. The third-order valence-electron chi connectivity index (χ3n) is 10.7. The molecule has 5 aliphatic rings. The molecular weight excluding hydrogens is 502 g/mol. The molecule has 1 aromatic rings. The molecule has 6 atom stereocenters. The maximum Gasteiger partial charge on any atom is 0.171 e. The molecule has 1 aliphatic heterocycles. The maximum absolute atomic E-state index is 12.3. The lowest BCUT2D eigenvalue weighted by molar-refractivity contribution is -0.322. The molecule has 4 aliphatic carbocycles. The van der Waals surface area contributed by atoms with Gasteiger partial charge in [-0.2, -0.15) is 5.26 Å². The Morgan fingerprint density at radius 1 is 1.02 bits per heavy atom. The number of ether oxygens (including phenoxy) is 3. The van der Waals surface area contributed by atoms with Gasteiger partial charge >= 0.3 is 0 Å². The third-order valence-corrected chi connectivity index (χ3v) is 10.7. The summed E-state index contributed by atoms with van der Waals surface area (Å²) in [5, 5.41) is 32.1. The molecule has 6 heteroatoms. The predicted octanol–water partition coefficient (Wildman–Crippen LogP) is 5.23. The molecule has 1 saturated heterocycles. The number of aliphatic hydroxyl groups is 2. The molecule has 1 spiro atoms. The largest absolute Gasteiger partial charge is 0.393 e. The summed E-state index contributed by atoms with van der Waals surface area (Å²) in [5.74, 6) is 6.40. The zero-order chi connectivity index (χ0) is 28.2. The average molecular weight is 546 g/mol. The number of nitrogens with zero attached hydrogens (tertiary/aromatic N) is 1. The number of fused-ring (bicyclic) bond motifs is 4. The molecule has 0 aromatic heterocycles. The summed E-state index contributed by atoms with van der Waals surface area (Å²) in [6.45, 7) is 8.20. The molecule has 0 radical (unpaired) electrons. The molecule has 0 bridgehead atoms. The summed E-state index contributed by atoms with van der Waals surface area (Å²) in [4.78, 5) is 0. The van der Waals surface area contributed by atoms with Crippen LogP contribution in [0.2, 0.25) is 0 Å². The molecule has 1 aromatic carbocycles. The van der Waals surface area contributed by atoms with E-state index in [1.807, 2.05) is 6.07 Å². The first-order valence-electron chi connectivity index (χ1n) is 15.0. The van der Waals surface area contributed by atoms with Gasteiger partial charge in [-0.1, -0.05) is 50.3 Å². The standard InChI is InChI=1S/C34H43NO5/c1-31(2)21-39-34(40-22-31)15-13-28-30-25(12-14-33(28,37)20-34)27-10-11-29(36)32(27,3)19-26(30)24-8-6-23(7-9-24)5-4-17-38-18-16-35/h6-9,25-27,29,36-37H,10-15,17-22H2,1-3H3/t25?,26-,27?,29?,32+,33-/m1/s1. The van der Waals surface area contributed by atoms with Crippen molar-refractivity contribution in [3.63, 3.8) is 0 Å². The Kier molecular flexibility index (Phi) is 7.17. The highest BCUT2D eigenvalue weighted by Crippen LogP contribution is 2.65. The number of hydrogen-bond acceptors (Lipinski definition) is 6. The maximum atomic E-state index is 12.3. The third kappa shape index (κ3) is 4.83. The molecule has 4 fully saturated rings. The van der Waals surface area contributed by atoms with E-state index in [9.17, 15) is 10.2 Å². The minimum Gasteiger partial charge on any atom is -0.393 e. The molecule has 6 nitrogen and oxygen atoms in total. The van der Waals surface area contributed by atoms with Gasteiger partial charge in [0.05, 0.1) is 31.0 Å². The van der Waals surface area contributed by atoms with Crippen LogP contribution < -0.4 is 0 Å².